The van der Waals surface area contributed by atoms with Crippen molar-refractivity contribution in [2.45, 2.75) is 31.4 Å². The lowest BCUT2D eigenvalue weighted by atomic mass is 10.0. The maximum absolute atomic E-state index is 11.2. The summed E-state index contributed by atoms with van der Waals surface area (Å²) < 4.78 is 0.780. The molecule has 1 aromatic rings. The van der Waals surface area contributed by atoms with E-state index in [9.17, 15) is 9.90 Å². The molecule has 1 aromatic heterocycles. The van der Waals surface area contributed by atoms with Crippen molar-refractivity contribution in [2.75, 3.05) is 18.1 Å². The van der Waals surface area contributed by atoms with Gasteiger partial charge in [-0.15, -0.1) is 0 Å². The van der Waals surface area contributed by atoms with Gasteiger partial charge in [0.25, 0.3) is 0 Å². The smallest absolute Gasteiger partial charge is 0.339 e. The monoisotopic (exact) mass is 346 g/mol. The average Bonchev–Trinajstić information content (AvgIpc) is 2.42. The SMILES string of the molecule is CCC(CC)(CNc1ncc(Br)cc1C(=O)O)SC. The molecule has 4 nitrogen and oxygen atoms in total. The van der Waals surface area contributed by atoms with Crippen LogP contribution in [0, 0.1) is 0 Å². The lowest BCUT2D eigenvalue weighted by Crippen LogP contribution is -2.32. The number of nitrogens with zero attached hydrogens (tertiary/aromatic N) is 1. The molecule has 1 rings (SSSR count). The summed E-state index contributed by atoms with van der Waals surface area (Å²) in [6, 6.07) is 1.57. The standard InChI is InChI=1S/C13H19BrN2O2S/c1-4-13(5-2,19-3)8-16-11-10(12(17)18)6-9(14)7-15-11/h6-7H,4-5,8H2,1-3H3,(H,15,16)(H,17,18). The number of hydrogen-bond acceptors (Lipinski definition) is 4. The molecule has 0 amide bonds. The molecule has 106 valence electrons. The molecule has 0 radical (unpaired) electrons. The number of carboxylic acids is 1. The van der Waals surface area contributed by atoms with Crippen LogP contribution in [0.15, 0.2) is 16.7 Å². The summed E-state index contributed by atoms with van der Waals surface area (Å²) in [5, 5.41) is 12.4. The second kappa shape index (κ2) is 7.14. The predicted molar refractivity (Wildman–Crippen MR) is 84.2 cm³/mol. The molecular formula is C13H19BrN2O2S. The zero-order valence-corrected chi connectivity index (χ0v) is 13.8. The molecule has 0 saturated heterocycles. The number of carbonyl (C=O) groups is 1. The number of anilines is 1. The Morgan fingerprint density at radius 2 is 2.16 bits per heavy atom. The maximum atomic E-state index is 11.2. The van der Waals surface area contributed by atoms with Crippen molar-refractivity contribution in [1.82, 2.24) is 4.98 Å². The Hall–Kier alpha value is -0.750. The third kappa shape index (κ3) is 4.11. The van der Waals surface area contributed by atoms with Gasteiger partial charge in [0, 0.05) is 22.0 Å². The van der Waals surface area contributed by atoms with E-state index in [-0.39, 0.29) is 10.3 Å². The van der Waals surface area contributed by atoms with Crippen molar-refractivity contribution in [3.63, 3.8) is 0 Å². The number of pyridine rings is 1. The Kier molecular flexibility index (Phi) is 6.13. The summed E-state index contributed by atoms with van der Waals surface area (Å²) in [4.78, 5) is 15.4. The van der Waals surface area contributed by atoms with E-state index < -0.39 is 5.97 Å². The molecule has 0 unspecified atom stereocenters. The topological polar surface area (TPSA) is 62.2 Å². The summed E-state index contributed by atoms with van der Waals surface area (Å²) in [5.41, 5.74) is 0.191. The van der Waals surface area contributed by atoms with E-state index in [1.807, 2.05) is 11.8 Å². The van der Waals surface area contributed by atoms with Crippen LogP contribution in [0.5, 0.6) is 0 Å². The van der Waals surface area contributed by atoms with Gasteiger partial charge in [0.15, 0.2) is 0 Å². The Labute approximate surface area is 126 Å². The minimum atomic E-state index is -0.973. The van der Waals surface area contributed by atoms with Gasteiger partial charge >= 0.3 is 5.97 Å². The van der Waals surface area contributed by atoms with Crippen LogP contribution in [0.25, 0.3) is 0 Å². The largest absolute Gasteiger partial charge is 0.478 e. The third-order valence-corrected chi connectivity index (χ3v) is 5.41. The van der Waals surface area contributed by atoms with Crippen LogP contribution in [0.1, 0.15) is 37.0 Å². The second-order valence-corrected chi connectivity index (χ2v) is 6.49. The summed E-state index contributed by atoms with van der Waals surface area (Å²) in [6.07, 6.45) is 5.74. The Balaban J connectivity index is 2.91. The van der Waals surface area contributed by atoms with Gasteiger partial charge < -0.3 is 10.4 Å². The fourth-order valence-electron chi connectivity index (χ4n) is 1.85. The van der Waals surface area contributed by atoms with Crippen LogP contribution >= 0.6 is 27.7 Å². The first-order valence-electron chi connectivity index (χ1n) is 6.16. The van der Waals surface area contributed by atoms with Crippen LogP contribution in [0.2, 0.25) is 0 Å². The molecule has 0 atom stereocenters. The lowest BCUT2D eigenvalue weighted by Gasteiger charge is -2.30. The first kappa shape index (κ1) is 16.3. The molecule has 0 aliphatic carbocycles. The zero-order valence-electron chi connectivity index (χ0n) is 11.4. The summed E-state index contributed by atoms with van der Waals surface area (Å²) in [5.74, 6) is -0.546. The number of carboxylic acid groups (broad SMARTS) is 1. The summed E-state index contributed by atoms with van der Waals surface area (Å²) >= 11 is 5.05. The molecule has 0 bridgehead atoms. The molecule has 6 heteroatoms. The van der Waals surface area contributed by atoms with Crippen molar-refractivity contribution in [3.8, 4) is 0 Å². The van der Waals surface area contributed by atoms with E-state index in [4.69, 9.17) is 0 Å². The second-order valence-electron chi connectivity index (χ2n) is 4.30. The number of thioether (sulfide) groups is 1. The third-order valence-electron chi connectivity index (χ3n) is 3.38. The number of nitrogens with one attached hydrogen (secondary N) is 1. The first-order valence-corrected chi connectivity index (χ1v) is 8.17. The molecule has 0 aliphatic rings. The van der Waals surface area contributed by atoms with Crippen molar-refractivity contribution in [3.05, 3.63) is 22.3 Å². The van der Waals surface area contributed by atoms with Crippen LogP contribution in [-0.4, -0.2) is 33.6 Å². The van der Waals surface area contributed by atoms with Crippen LogP contribution in [0.4, 0.5) is 5.82 Å². The normalized spacial score (nSPS) is 11.4. The highest BCUT2D eigenvalue weighted by Gasteiger charge is 2.25. The van der Waals surface area contributed by atoms with Crippen LogP contribution < -0.4 is 5.32 Å². The van der Waals surface area contributed by atoms with Gasteiger partial charge in [-0.05, 0) is 41.1 Å². The fourth-order valence-corrected chi connectivity index (χ4v) is 2.97. The van der Waals surface area contributed by atoms with Gasteiger partial charge in [0.1, 0.15) is 11.4 Å². The number of rotatable bonds is 7. The number of aromatic carboxylic acids is 1. The molecule has 0 saturated carbocycles. The summed E-state index contributed by atoms with van der Waals surface area (Å²) in [7, 11) is 0. The fraction of sp³-hybridized carbons (Fsp3) is 0.538. The van der Waals surface area contributed by atoms with E-state index >= 15 is 0 Å². The molecule has 0 spiro atoms. The molecule has 1 heterocycles. The van der Waals surface area contributed by atoms with Gasteiger partial charge in [0.2, 0.25) is 0 Å². The van der Waals surface area contributed by atoms with Gasteiger partial charge in [-0.3, -0.25) is 0 Å². The van der Waals surface area contributed by atoms with Gasteiger partial charge in [-0.1, -0.05) is 13.8 Å². The van der Waals surface area contributed by atoms with Crippen molar-refractivity contribution < 1.29 is 9.90 Å². The number of aromatic nitrogens is 1. The van der Waals surface area contributed by atoms with Gasteiger partial charge in [-0.25, -0.2) is 9.78 Å². The first-order chi connectivity index (χ1) is 8.98. The number of hydrogen-bond donors (Lipinski definition) is 2. The number of halogens is 1. The van der Waals surface area contributed by atoms with Gasteiger partial charge in [0.05, 0.1) is 0 Å². The van der Waals surface area contributed by atoms with Crippen molar-refractivity contribution in [1.29, 1.82) is 0 Å². The van der Waals surface area contributed by atoms with E-state index in [2.05, 4.69) is 46.3 Å². The Morgan fingerprint density at radius 3 is 2.63 bits per heavy atom. The van der Waals surface area contributed by atoms with E-state index in [1.54, 1.807) is 12.3 Å². The highest BCUT2D eigenvalue weighted by molar-refractivity contribution is 9.10. The molecular weight excluding hydrogens is 328 g/mol. The molecule has 19 heavy (non-hydrogen) atoms. The average molecular weight is 347 g/mol. The van der Waals surface area contributed by atoms with E-state index in [0.29, 0.717) is 16.8 Å². The van der Waals surface area contributed by atoms with Crippen molar-refractivity contribution in [2.24, 2.45) is 0 Å². The lowest BCUT2D eigenvalue weighted by molar-refractivity contribution is 0.0697. The van der Waals surface area contributed by atoms with Crippen LogP contribution in [-0.2, 0) is 0 Å². The molecule has 0 aliphatic heterocycles. The minimum Gasteiger partial charge on any atom is -0.478 e. The van der Waals surface area contributed by atoms with E-state index in [1.165, 1.54) is 0 Å². The van der Waals surface area contributed by atoms with Crippen LogP contribution in [0.3, 0.4) is 0 Å². The quantitative estimate of drug-likeness (QED) is 0.784. The molecule has 2 N–H and O–H groups in total. The minimum absolute atomic E-state index is 0.116. The zero-order chi connectivity index (χ0) is 14.5. The maximum Gasteiger partial charge on any atom is 0.339 e. The highest BCUT2D eigenvalue weighted by atomic mass is 79.9. The van der Waals surface area contributed by atoms with E-state index in [0.717, 1.165) is 12.8 Å². The van der Waals surface area contributed by atoms with Gasteiger partial charge in [-0.2, -0.15) is 11.8 Å². The predicted octanol–water partition coefficient (Wildman–Crippen LogP) is 3.88. The van der Waals surface area contributed by atoms with Crippen molar-refractivity contribution >= 4 is 39.5 Å². The highest BCUT2D eigenvalue weighted by Crippen LogP contribution is 2.31. The molecule has 0 aromatic carbocycles. The Bertz CT molecular complexity index is 442. The Morgan fingerprint density at radius 1 is 1.53 bits per heavy atom. The summed E-state index contributed by atoms with van der Waals surface area (Å²) in [6.45, 7) is 5.00. The molecule has 0 fully saturated rings.